The van der Waals surface area contributed by atoms with E-state index >= 15 is 0 Å². The molecule has 27 heavy (non-hydrogen) atoms. The number of carbonyl (C=O) groups excluding carboxylic acids is 1. The van der Waals surface area contributed by atoms with Crippen molar-refractivity contribution in [3.05, 3.63) is 69.8 Å². The van der Waals surface area contributed by atoms with Gasteiger partial charge in [0, 0.05) is 24.7 Å². The third-order valence-electron chi connectivity index (χ3n) is 4.76. The van der Waals surface area contributed by atoms with Crippen LogP contribution in [0.5, 0.6) is 0 Å². The van der Waals surface area contributed by atoms with E-state index in [1.807, 2.05) is 4.90 Å². The number of rotatable bonds is 5. The second-order valence-corrected chi connectivity index (χ2v) is 6.38. The molecule has 0 N–H and O–H groups in total. The molecular formula is C20H19N3O4. The molecule has 0 amide bonds. The number of hydrogen-bond acceptors (Lipinski definition) is 6. The summed E-state index contributed by atoms with van der Waals surface area (Å²) in [7, 11) is 0. The molecule has 0 bridgehead atoms. The predicted octanol–water partition coefficient (Wildman–Crippen LogP) is 3.43. The third kappa shape index (κ3) is 4.23. The minimum absolute atomic E-state index is 0.0756. The Bertz CT molecular complexity index is 883. The van der Waals surface area contributed by atoms with Crippen molar-refractivity contribution in [3.8, 4) is 6.07 Å². The SMILES string of the molecule is N#Cc1ccccc1COC(=O)C1CCN(c2ccccc2[N+](=O)[O-])CC1. The van der Waals surface area contributed by atoms with E-state index in [1.165, 1.54) is 6.07 Å². The summed E-state index contributed by atoms with van der Waals surface area (Å²) in [5.41, 5.74) is 1.84. The number of hydrogen-bond donors (Lipinski definition) is 0. The van der Waals surface area contributed by atoms with Gasteiger partial charge in [-0.15, -0.1) is 0 Å². The van der Waals surface area contributed by atoms with E-state index in [4.69, 9.17) is 10.00 Å². The number of nitro benzene ring substituents is 1. The molecule has 1 saturated heterocycles. The van der Waals surface area contributed by atoms with E-state index in [2.05, 4.69) is 6.07 Å². The van der Waals surface area contributed by atoms with Crippen LogP contribution in [0.25, 0.3) is 0 Å². The monoisotopic (exact) mass is 365 g/mol. The first-order valence-electron chi connectivity index (χ1n) is 8.73. The molecule has 1 fully saturated rings. The van der Waals surface area contributed by atoms with Gasteiger partial charge in [-0.25, -0.2) is 0 Å². The van der Waals surface area contributed by atoms with Crippen molar-refractivity contribution in [3.63, 3.8) is 0 Å². The lowest BCUT2D eigenvalue weighted by Crippen LogP contribution is -2.37. The number of piperidine rings is 1. The summed E-state index contributed by atoms with van der Waals surface area (Å²) < 4.78 is 5.40. The topological polar surface area (TPSA) is 96.5 Å². The number of nitriles is 1. The fraction of sp³-hybridized carbons (Fsp3) is 0.300. The van der Waals surface area contributed by atoms with Gasteiger partial charge in [0.05, 0.1) is 22.5 Å². The number of para-hydroxylation sites is 2. The molecule has 0 unspecified atom stereocenters. The van der Waals surface area contributed by atoms with Crippen LogP contribution in [-0.2, 0) is 16.1 Å². The molecule has 2 aromatic rings. The lowest BCUT2D eigenvalue weighted by Gasteiger charge is -2.32. The van der Waals surface area contributed by atoms with Crippen molar-refractivity contribution in [1.29, 1.82) is 5.26 Å². The van der Waals surface area contributed by atoms with E-state index in [9.17, 15) is 14.9 Å². The fourth-order valence-electron chi connectivity index (χ4n) is 3.26. The van der Waals surface area contributed by atoms with Gasteiger partial charge in [-0.05, 0) is 25.0 Å². The van der Waals surface area contributed by atoms with Crippen LogP contribution in [-0.4, -0.2) is 24.0 Å². The van der Waals surface area contributed by atoms with E-state index < -0.39 is 0 Å². The highest BCUT2D eigenvalue weighted by Gasteiger charge is 2.29. The Hall–Kier alpha value is -3.40. The zero-order valence-corrected chi connectivity index (χ0v) is 14.7. The summed E-state index contributed by atoms with van der Waals surface area (Å²) in [5.74, 6) is -0.525. The third-order valence-corrected chi connectivity index (χ3v) is 4.76. The smallest absolute Gasteiger partial charge is 0.309 e. The normalized spacial score (nSPS) is 14.4. The van der Waals surface area contributed by atoms with Gasteiger partial charge >= 0.3 is 5.97 Å². The van der Waals surface area contributed by atoms with Crippen molar-refractivity contribution >= 4 is 17.3 Å². The van der Waals surface area contributed by atoms with Gasteiger partial charge in [0.1, 0.15) is 12.3 Å². The molecule has 1 aliphatic heterocycles. The summed E-state index contributed by atoms with van der Waals surface area (Å²) in [6.07, 6.45) is 1.15. The molecule has 138 valence electrons. The molecule has 2 aromatic carbocycles. The maximum Gasteiger partial charge on any atom is 0.309 e. The molecular weight excluding hydrogens is 346 g/mol. The van der Waals surface area contributed by atoms with Crippen molar-refractivity contribution in [2.45, 2.75) is 19.4 Å². The molecule has 3 rings (SSSR count). The quantitative estimate of drug-likeness (QED) is 0.457. The summed E-state index contributed by atoms with van der Waals surface area (Å²) in [5, 5.41) is 20.3. The van der Waals surface area contributed by atoms with Crippen molar-refractivity contribution in [2.24, 2.45) is 5.92 Å². The maximum atomic E-state index is 12.4. The van der Waals surface area contributed by atoms with Crippen LogP contribution in [0.4, 0.5) is 11.4 Å². The number of carbonyl (C=O) groups is 1. The molecule has 0 aliphatic carbocycles. The van der Waals surface area contributed by atoms with E-state index in [0.717, 1.165) is 0 Å². The van der Waals surface area contributed by atoms with Gasteiger partial charge in [0.25, 0.3) is 5.69 Å². The Morgan fingerprint density at radius 1 is 1.19 bits per heavy atom. The van der Waals surface area contributed by atoms with Crippen LogP contribution in [0.2, 0.25) is 0 Å². The minimum Gasteiger partial charge on any atom is -0.461 e. The first-order valence-corrected chi connectivity index (χ1v) is 8.73. The standard InChI is InChI=1S/C20H19N3O4/c21-13-16-5-1-2-6-17(16)14-27-20(24)15-9-11-22(12-10-15)18-7-3-4-8-19(18)23(25)26/h1-8,15H,9-12,14H2. The molecule has 7 nitrogen and oxygen atoms in total. The fourth-order valence-corrected chi connectivity index (χ4v) is 3.26. The molecule has 1 aliphatic rings. The molecule has 0 saturated carbocycles. The van der Waals surface area contributed by atoms with Crippen LogP contribution in [0.1, 0.15) is 24.0 Å². The average Bonchev–Trinajstić information content (AvgIpc) is 2.72. The van der Waals surface area contributed by atoms with Crippen molar-refractivity contribution in [1.82, 2.24) is 0 Å². The first-order chi connectivity index (χ1) is 13.1. The number of anilines is 1. The maximum absolute atomic E-state index is 12.4. The van der Waals surface area contributed by atoms with E-state index in [0.29, 0.717) is 42.7 Å². The number of benzene rings is 2. The van der Waals surface area contributed by atoms with Gasteiger partial charge < -0.3 is 9.64 Å². The Labute approximate surface area is 156 Å². The van der Waals surface area contributed by atoms with Crippen LogP contribution in [0, 0.1) is 27.4 Å². The van der Waals surface area contributed by atoms with Gasteiger partial charge in [-0.2, -0.15) is 5.26 Å². The van der Waals surface area contributed by atoms with Crippen LogP contribution in [0.3, 0.4) is 0 Å². The van der Waals surface area contributed by atoms with Crippen LogP contribution < -0.4 is 4.90 Å². The lowest BCUT2D eigenvalue weighted by atomic mass is 9.96. The zero-order chi connectivity index (χ0) is 19.2. The molecule has 0 spiro atoms. The highest BCUT2D eigenvalue weighted by atomic mass is 16.6. The van der Waals surface area contributed by atoms with Gasteiger partial charge in [-0.1, -0.05) is 30.3 Å². The van der Waals surface area contributed by atoms with Crippen LogP contribution >= 0.6 is 0 Å². The summed E-state index contributed by atoms with van der Waals surface area (Å²) in [6.45, 7) is 1.19. The second kappa shape index (κ2) is 8.32. The highest BCUT2D eigenvalue weighted by Crippen LogP contribution is 2.31. The van der Waals surface area contributed by atoms with Crippen LogP contribution in [0.15, 0.2) is 48.5 Å². The summed E-state index contributed by atoms with van der Waals surface area (Å²) in [6, 6.07) is 15.7. The predicted molar refractivity (Wildman–Crippen MR) is 99.0 cm³/mol. The highest BCUT2D eigenvalue weighted by molar-refractivity contribution is 5.73. The molecule has 7 heteroatoms. The van der Waals surface area contributed by atoms with Gasteiger partial charge in [0.2, 0.25) is 0 Å². The summed E-state index contributed by atoms with van der Waals surface area (Å²) >= 11 is 0. The largest absolute Gasteiger partial charge is 0.461 e. The Kier molecular flexibility index (Phi) is 5.67. The molecule has 1 heterocycles. The van der Waals surface area contributed by atoms with Crippen molar-refractivity contribution in [2.75, 3.05) is 18.0 Å². The number of esters is 1. The van der Waals surface area contributed by atoms with E-state index in [-0.39, 0.29) is 29.1 Å². The number of ether oxygens (including phenoxy) is 1. The molecule has 0 radical (unpaired) electrons. The van der Waals surface area contributed by atoms with Crippen molar-refractivity contribution < 1.29 is 14.5 Å². The first kappa shape index (κ1) is 18.4. The van der Waals surface area contributed by atoms with Gasteiger partial charge in [0.15, 0.2) is 0 Å². The second-order valence-electron chi connectivity index (χ2n) is 6.38. The van der Waals surface area contributed by atoms with E-state index in [1.54, 1.807) is 42.5 Å². The minimum atomic E-state index is -0.387. The number of nitrogens with zero attached hydrogens (tertiary/aromatic N) is 3. The Balaban J connectivity index is 1.57. The average molecular weight is 365 g/mol. The number of nitro groups is 1. The molecule has 0 atom stereocenters. The summed E-state index contributed by atoms with van der Waals surface area (Å²) in [4.78, 5) is 25.1. The lowest BCUT2D eigenvalue weighted by molar-refractivity contribution is -0.384. The zero-order valence-electron chi connectivity index (χ0n) is 14.7. The molecule has 0 aromatic heterocycles. The van der Waals surface area contributed by atoms with Gasteiger partial charge in [-0.3, -0.25) is 14.9 Å². The Morgan fingerprint density at radius 3 is 2.56 bits per heavy atom. The Morgan fingerprint density at radius 2 is 1.85 bits per heavy atom.